The van der Waals surface area contributed by atoms with Crippen LogP contribution in [-0.4, -0.2) is 12.1 Å². The van der Waals surface area contributed by atoms with E-state index in [1.165, 1.54) is 5.56 Å². The summed E-state index contributed by atoms with van der Waals surface area (Å²) in [5, 5.41) is 0. The van der Waals surface area contributed by atoms with Gasteiger partial charge in [0.05, 0.1) is 5.69 Å². The first-order chi connectivity index (χ1) is 12.4. The van der Waals surface area contributed by atoms with Gasteiger partial charge in [0, 0.05) is 33.7 Å². The SMILES string of the molecule is Cc1ccc(-c2oc(-c3ccccc3)cc2N(C(C)C)C(C)C)c(Br)c1. The summed E-state index contributed by atoms with van der Waals surface area (Å²) in [6.07, 6.45) is 0. The van der Waals surface area contributed by atoms with Crippen LogP contribution in [0, 0.1) is 6.92 Å². The Balaban J connectivity index is 2.22. The summed E-state index contributed by atoms with van der Waals surface area (Å²) in [5.41, 5.74) is 4.54. The van der Waals surface area contributed by atoms with Gasteiger partial charge in [-0.3, -0.25) is 0 Å². The summed E-state index contributed by atoms with van der Waals surface area (Å²) in [4.78, 5) is 2.41. The molecule has 0 N–H and O–H groups in total. The molecule has 0 amide bonds. The van der Waals surface area contributed by atoms with Gasteiger partial charge in [-0.25, -0.2) is 0 Å². The van der Waals surface area contributed by atoms with Crippen LogP contribution in [0.2, 0.25) is 0 Å². The van der Waals surface area contributed by atoms with Gasteiger partial charge in [-0.1, -0.05) is 52.3 Å². The standard InChI is InChI=1S/C23H26BrNO/c1-15(2)25(16(3)4)21-14-22(18-9-7-6-8-10-18)26-23(21)19-12-11-17(5)13-20(19)24/h6-16H,1-5H3. The molecule has 2 aromatic carbocycles. The number of rotatable bonds is 5. The Bertz CT molecular complexity index is 872. The average Bonchev–Trinajstić information content (AvgIpc) is 2.99. The molecule has 0 atom stereocenters. The Kier molecular flexibility index (Phi) is 5.57. The van der Waals surface area contributed by atoms with Crippen molar-refractivity contribution in [3.63, 3.8) is 0 Å². The summed E-state index contributed by atoms with van der Waals surface area (Å²) >= 11 is 3.73. The van der Waals surface area contributed by atoms with Gasteiger partial charge in [-0.15, -0.1) is 0 Å². The minimum Gasteiger partial charge on any atom is -0.454 e. The number of halogens is 1. The van der Waals surface area contributed by atoms with Gasteiger partial charge >= 0.3 is 0 Å². The van der Waals surface area contributed by atoms with Crippen LogP contribution in [0.3, 0.4) is 0 Å². The molecule has 1 heterocycles. The van der Waals surface area contributed by atoms with Crippen LogP contribution in [0.15, 0.2) is 63.5 Å². The van der Waals surface area contributed by atoms with E-state index in [2.05, 4.69) is 91.8 Å². The number of aryl methyl sites for hydroxylation is 1. The minimum absolute atomic E-state index is 0.374. The molecule has 0 bridgehead atoms. The molecule has 0 fully saturated rings. The molecular weight excluding hydrogens is 386 g/mol. The third-order valence-electron chi connectivity index (χ3n) is 4.53. The molecule has 0 spiro atoms. The van der Waals surface area contributed by atoms with Crippen molar-refractivity contribution in [1.82, 2.24) is 0 Å². The van der Waals surface area contributed by atoms with Crippen molar-refractivity contribution in [2.24, 2.45) is 0 Å². The van der Waals surface area contributed by atoms with E-state index < -0.39 is 0 Å². The van der Waals surface area contributed by atoms with Crippen molar-refractivity contribution in [2.75, 3.05) is 4.90 Å². The predicted molar refractivity (Wildman–Crippen MR) is 115 cm³/mol. The zero-order chi connectivity index (χ0) is 18.8. The smallest absolute Gasteiger partial charge is 0.159 e. The number of hydrogen-bond acceptors (Lipinski definition) is 2. The van der Waals surface area contributed by atoms with Gasteiger partial charge < -0.3 is 9.32 Å². The third-order valence-corrected chi connectivity index (χ3v) is 5.19. The van der Waals surface area contributed by atoms with Crippen molar-refractivity contribution in [3.8, 4) is 22.6 Å². The Labute approximate surface area is 165 Å². The monoisotopic (exact) mass is 411 g/mol. The van der Waals surface area contributed by atoms with Crippen LogP contribution < -0.4 is 4.90 Å². The number of hydrogen-bond donors (Lipinski definition) is 0. The molecule has 26 heavy (non-hydrogen) atoms. The van der Waals surface area contributed by atoms with Crippen molar-refractivity contribution < 1.29 is 4.42 Å². The maximum Gasteiger partial charge on any atom is 0.159 e. The summed E-state index contributed by atoms with van der Waals surface area (Å²) < 4.78 is 7.47. The fourth-order valence-corrected chi connectivity index (χ4v) is 4.14. The molecule has 136 valence electrons. The van der Waals surface area contributed by atoms with Crippen LogP contribution in [0.4, 0.5) is 5.69 Å². The first-order valence-corrected chi connectivity index (χ1v) is 9.92. The molecule has 0 aliphatic rings. The van der Waals surface area contributed by atoms with Gasteiger partial charge in [-0.05, 0) is 52.3 Å². The van der Waals surface area contributed by atoms with Crippen molar-refractivity contribution in [2.45, 2.75) is 46.7 Å². The Hall–Kier alpha value is -2.00. The molecule has 3 heteroatoms. The summed E-state index contributed by atoms with van der Waals surface area (Å²) in [6.45, 7) is 11.0. The maximum absolute atomic E-state index is 6.42. The highest BCUT2D eigenvalue weighted by Crippen LogP contribution is 2.42. The Morgan fingerprint density at radius 1 is 0.885 bits per heavy atom. The second-order valence-corrected chi connectivity index (χ2v) is 8.12. The second kappa shape index (κ2) is 7.71. The van der Waals surface area contributed by atoms with Gasteiger partial charge in [0.1, 0.15) is 5.76 Å². The summed E-state index contributed by atoms with van der Waals surface area (Å²) in [5.74, 6) is 1.81. The number of nitrogens with zero attached hydrogens (tertiary/aromatic N) is 1. The third kappa shape index (κ3) is 3.73. The Morgan fingerprint density at radius 2 is 1.54 bits per heavy atom. The van der Waals surface area contributed by atoms with E-state index >= 15 is 0 Å². The fraction of sp³-hybridized carbons (Fsp3) is 0.304. The molecule has 3 rings (SSSR count). The van der Waals surface area contributed by atoms with Gasteiger partial charge in [0.15, 0.2) is 5.76 Å². The first-order valence-electron chi connectivity index (χ1n) is 9.12. The van der Waals surface area contributed by atoms with Crippen LogP contribution >= 0.6 is 15.9 Å². The predicted octanol–water partition coefficient (Wildman–Crippen LogP) is 7.31. The van der Waals surface area contributed by atoms with Gasteiger partial charge in [-0.2, -0.15) is 0 Å². The number of benzene rings is 2. The van der Waals surface area contributed by atoms with Crippen molar-refractivity contribution >= 4 is 21.6 Å². The molecule has 2 nitrogen and oxygen atoms in total. The highest BCUT2D eigenvalue weighted by Gasteiger charge is 2.24. The molecule has 0 saturated heterocycles. The van der Waals surface area contributed by atoms with E-state index in [9.17, 15) is 0 Å². The molecule has 0 aliphatic carbocycles. The van der Waals surface area contributed by atoms with Gasteiger partial charge in [0.25, 0.3) is 0 Å². The molecule has 0 aliphatic heterocycles. The normalized spacial score (nSPS) is 11.4. The van der Waals surface area contributed by atoms with Crippen LogP contribution in [0.25, 0.3) is 22.6 Å². The highest BCUT2D eigenvalue weighted by atomic mass is 79.9. The molecular formula is C23H26BrNO. The summed E-state index contributed by atoms with van der Waals surface area (Å²) in [6, 6.07) is 19.6. The lowest BCUT2D eigenvalue weighted by Crippen LogP contribution is -2.37. The van der Waals surface area contributed by atoms with E-state index in [1.807, 2.05) is 18.2 Å². The molecule has 3 aromatic rings. The van der Waals surface area contributed by atoms with Crippen LogP contribution in [-0.2, 0) is 0 Å². The van der Waals surface area contributed by atoms with Crippen LogP contribution in [0.5, 0.6) is 0 Å². The van der Waals surface area contributed by atoms with E-state index in [4.69, 9.17) is 4.42 Å². The first kappa shape index (κ1) is 18.8. The molecule has 0 radical (unpaired) electrons. The second-order valence-electron chi connectivity index (χ2n) is 7.27. The van der Waals surface area contributed by atoms with Crippen molar-refractivity contribution in [1.29, 1.82) is 0 Å². The van der Waals surface area contributed by atoms with E-state index in [1.54, 1.807) is 0 Å². The van der Waals surface area contributed by atoms with E-state index in [0.717, 1.165) is 32.8 Å². The molecule has 0 unspecified atom stereocenters. The summed E-state index contributed by atoms with van der Waals surface area (Å²) in [7, 11) is 0. The fourth-order valence-electron chi connectivity index (χ4n) is 3.47. The zero-order valence-electron chi connectivity index (χ0n) is 16.1. The van der Waals surface area contributed by atoms with Crippen LogP contribution in [0.1, 0.15) is 33.3 Å². The average molecular weight is 412 g/mol. The number of anilines is 1. The Morgan fingerprint density at radius 3 is 2.12 bits per heavy atom. The lowest BCUT2D eigenvalue weighted by molar-refractivity contribution is 0.579. The van der Waals surface area contributed by atoms with E-state index in [-0.39, 0.29) is 0 Å². The maximum atomic E-state index is 6.42. The topological polar surface area (TPSA) is 16.4 Å². The molecule has 0 saturated carbocycles. The quantitative estimate of drug-likeness (QED) is 0.437. The zero-order valence-corrected chi connectivity index (χ0v) is 17.7. The number of furan rings is 1. The van der Waals surface area contributed by atoms with Gasteiger partial charge in [0.2, 0.25) is 0 Å². The van der Waals surface area contributed by atoms with E-state index in [0.29, 0.717) is 12.1 Å². The minimum atomic E-state index is 0.374. The lowest BCUT2D eigenvalue weighted by atomic mass is 10.1. The largest absolute Gasteiger partial charge is 0.454 e. The van der Waals surface area contributed by atoms with Crippen molar-refractivity contribution in [3.05, 3.63) is 64.6 Å². The highest BCUT2D eigenvalue weighted by molar-refractivity contribution is 9.10. The molecule has 1 aromatic heterocycles. The lowest BCUT2D eigenvalue weighted by Gasteiger charge is -2.32.